The monoisotopic (exact) mass is 260 g/mol. The number of hydrogen-bond donors (Lipinski definition) is 1. The number of aromatic carboxylic acids is 1. The third-order valence-corrected chi connectivity index (χ3v) is 4.03. The molecule has 1 fully saturated rings. The number of aryl methyl sites for hydroxylation is 1. The van der Waals surface area contributed by atoms with Crippen LogP contribution in [0.15, 0.2) is 18.3 Å². The molecular formula is C13H12N2O2S. The lowest BCUT2D eigenvalue weighted by Crippen LogP contribution is -1.97. The van der Waals surface area contributed by atoms with E-state index < -0.39 is 5.97 Å². The summed E-state index contributed by atoms with van der Waals surface area (Å²) in [5.74, 6) is -0.542. The molecule has 0 aromatic carbocycles. The van der Waals surface area contributed by atoms with Gasteiger partial charge in [0, 0.05) is 12.1 Å². The van der Waals surface area contributed by atoms with Crippen LogP contribution >= 0.6 is 11.3 Å². The highest BCUT2D eigenvalue weighted by Gasteiger charge is 2.32. The van der Waals surface area contributed by atoms with Gasteiger partial charge in [-0.05, 0) is 37.5 Å². The third kappa shape index (κ3) is 2.01. The number of carbonyl (C=O) groups is 1. The molecule has 1 N–H and O–H groups in total. The van der Waals surface area contributed by atoms with E-state index in [2.05, 4.69) is 9.97 Å². The van der Waals surface area contributed by atoms with E-state index in [-0.39, 0.29) is 0 Å². The topological polar surface area (TPSA) is 63.1 Å². The fourth-order valence-corrected chi connectivity index (χ4v) is 2.84. The SMILES string of the molecule is Cc1ccnc(-c2nc(C3CC3)c(C(=O)O)s2)c1. The van der Waals surface area contributed by atoms with Crippen molar-refractivity contribution in [1.29, 1.82) is 0 Å². The fourth-order valence-electron chi connectivity index (χ4n) is 1.88. The molecule has 18 heavy (non-hydrogen) atoms. The molecule has 0 atom stereocenters. The van der Waals surface area contributed by atoms with E-state index in [1.54, 1.807) is 6.20 Å². The minimum absolute atomic E-state index is 0.339. The molecule has 1 aliphatic rings. The first-order chi connectivity index (χ1) is 8.65. The van der Waals surface area contributed by atoms with Gasteiger partial charge in [0.15, 0.2) is 0 Å². The quantitative estimate of drug-likeness (QED) is 0.921. The zero-order valence-corrected chi connectivity index (χ0v) is 10.7. The Kier molecular flexibility index (Phi) is 2.63. The van der Waals surface area contributed by atoms with Crippen molar-refractivity contribution in [2.45, 2.75) is 25.7 Å². The van der Waals surface area contributed by atoms with Crippen molar-refractivity contribution < 1.29 is 9.90 Å². The molecule has 1 aliphatic carbocycles. The lowest BCUT2D eigenvalue weighted by Gasteiger charge is -1.96. The maximum Gasteiger partial charge on any atom is 0.347 e. The van der Waals surface area contributed by atoms with Crippen LogP contribution in [-0.4, -0.2) is 21.0 Å². The third-order valence-electron chi connectivity index (χ3n) is 2.95. The number of pyridine rings is 1. The van der Waals surface area contributed by atoms with Gasteiger partial charge >= 0.3 is 5.97 Å². The fraction of sp³-hybridized carbons (Fsp3) is 0.308. The first-order valence-electron chi connectivity index (χ1n) is 5.82. The van der Waals surface area contributed by atoms with Crippen molar-refractivity contribution in [2.24, 2.45) is 0 Å². The van der Waals surface area contributed by atoms with Crippen LogP contribution in [0.2, 0.25) is 0 Å². The Hall–Kier alpha value is -1.75. The van der Waals surface area contributed by atoms with Crippen molar-refractivity contribution in [3.8, 4) is 10.7 Å². The van der Waals surface area contributed by atoms with Crippen LogP contribution in [0.5, 0.6) is 0 Å². The van der Waals surface area contributed by atoms with Crippen LogP contribution in [0.1, 0.15) is 39.7 Å². The summed E-state index contributed by atoms with van der Waals surface area (Å²) >= 11 is 1.22. The molecule has 3 rings (SSSR count). The number of hydrogen-bond acceptors (Lipinski definition) is 4. The molecule has 0 saturated heterocycles. The lowest BCUT2D eigenvalue weighted by atomic mass is 10.2. The largest absolute Gasteiger partial charge is 0.477 e. The summed E-state index contributed by atoms with van der Waals surface area (Å²) in [7, 11) is 0. The smallest absolute Gasteiger partial charge is 0.347 e. The van der Waals surface area contributed by atoms with Gasteiger partial charge in [0.1, 0.15) is 9.88 Å². The standard InChI is InChI=1S/C13H12N2O2S/c1-7-4-5-14-9(6-7)12-15-10(8-2-3-8)11(18-12)13(16)17/h4-6,8H,2-3H2,1H3,(H,16,17). The van der Waals surface area contributed by atoms with E-state index in [0.717, 1.165) is 29.8 Å². The molecule has 92 valence electrons. The minimum atomic E-state index is -0.881. The molecular weight excluding hydrogens is 248 g/mol. The number of carboxylic acids is 1. The van der Waals surface area contributed by atoms with Gasteiger partial charge in [0.05, 0.1) is 11.4 Å². The number of aromatic nitrogens is 2. The summed E-state index contributed by atoms with van der Waals surface area (Å²) in [6, 6.07) is 3.85. The lowest BCUT2D eigenvalue weighted by molar-refractivity contribution is 0.0700. The van der Waals surface area contributed by atoms with Crippen molar-refractivity contribution in [3.63, 3.8) is 0 Å². The molecule has 0 unspecified atom stereocenters. The predicted octanol–water partition coefficient (Wildman–Crippen LogP) is 3.09. The Morgan fingerprint density at radius 1 is 1.50 bits per heavy atom. The highest BCUT2D eigenvalue weighted by Crippen LogP contribution is 2.44. The number of thiazole rings is 1. The molecule has 0 bridgehead atoms. The Balaban J connectivity index is 2.07. The Morgan fingerprint density at radius 3 is 2.89 bits per heavy atom. The van der Waals surface area contributed by atoms with Crippen LogP contribution in [0.25, 0.3) is 10.7 Å². The van der Waals surface area contributed by atoms with E-state index in [0.29, 0.717) is 15.8 Å². The van der Waals surface area contributed by atoms with Gasteiger partial charge in [0.2, 0.25) is 0 Å². The molecule has 0 radical (unpaired) electrons. The van der Waals surface area contributed by atoms with Crippen LogP contribution in [-0.2, 0) is 0 Å². The summed E-state index contributed by atoms with van der Waals surface area (Å²) in [6.07, 6.45) is 3.82. The Morgan fingerprint density at radius 2 is 2.28 bits per heavy atom. The van der Waals surface area contributed by atoms with Gasteiger partial charge in [-0.25, -0.2) is 9.78 Å². The number of rotatable bonds is 3. The highest BCUT2D eigenvalue weighted by atomic mass is 32.1. The average Bonchev–Trinajstić information content (AvgIpc) is 3.07. The van der Waals surface area contributed by atoms with Crippen molar-refractivity contribution in [2.75, 3.05) is 0 Å². The van der Waals surface area contributed by atoms with E-state index in [1.165, 1.54) is 11.3 Å². The molecule has 2 aromatic heterocycles. The van der Waals surface area contributed by atoms with E-state index in [1.807, 2.05) is 19.1 Å². The molecule has 0 amide bonds. The first kappa shape index (κ1) is 11.3. The van der Waals surface area contributed by atoms with Gasteiger partial charge < -0.3 is 5.11 Å². The maximum atomic E-state index is 11.2. The van der Waals surface area contributed by atoms with Crippen molar-refractivity contribution >= 4 is 17.3 Å². The molecule has 0 aliphatic heterocycles. The maximum absolute atomic E-state index is 11.2. The van der Waals surface area contributed by atoms with Crippen molar-refractivity contribution in [1.82, 2.24) is 9.97 Å². The molecule has 0 spiro atoms. The van der Waals surface area contributed by atoms with Crippen LogP contribution < -0.4 is 0 Å². The summed E-state index contributed by atoms with van der Waals surface area (Å²) < 4.78 is 0. The molecule has 5 heteroatoms. The average molecular weight is 260 g/mol. The van der Waals surface area contributed by atoms with Crippen LogP contribution in [0.3, 0.4) is 0 Å². The summed E-state index contributed by atoms with van der Waals surface area (Å²) in [4.78, 5) is 20.3. The Bertz CT molecular complexity index is 617. The summed E-state index contributed by atoms with van der Waals surface area (Å²) in [5, 5.41) is 9.91. The van der Waals surface area contributed by atoms with Crippen molar-refractivity contribution in [3.05, 3.63) is 34.5 Å². The van der Waals surface area contributed by atoms with Gasteiger partial charge in [-0.3, -0.25) is 4.98 Å². The second kappa shape index (κ2) is 4.17. The number of carboxylic acid groups (broad SMARTS) is 1. The van der Waals surface area contributed by atoms with Gasteiger partial charge in [-0.15, -0.1) is 11.3 Å². The van der Waals surface area contributed by atoms with Crippen LogP contribution in [0.4, 0.5) is 0 Å². The summed E-state index contributed by atoms with van der Waals surface area (Å²) in [6.45, 7) is 1.98. The molecule has 4 nitrogen and oxygen atoms in total. The van der Waals surface area contributed by atoms with E-state index in [9.17, 15) is 9.90 Å². The molecule has 2 heterocycles. The second-order valence-electron chi connectivity index (χ2n) is 4.53. The zero-order valence-electron chi connectivity index (χ0n) is 9.88. The van der Waals surface area contributed by atoms with Gasteiger partial charge in [0.25, 0.3) is 0 Å². The first-order valence-corrected chi connectivity index (χ1v) is 6.64. The van der Waals surface area contributed by atoms with Gasteiger partial charge in [-0.1, -0.05) is 0 Å². The van der Waals surface area contributed by atoms with Gasteiger partial charge in [-0.2, -0.15) is 0 Å². The minimum Gasteiger partial charge on any atom is -0.477 e. The zero-order chi connectivity index (χ0) is 12.7. The Labute approximate surface area is 108 Å². The highest BCUT2D eigenvalue weighted by molar-refractivity contribution is 7.17. The predicted molar refractivity (Wildman–Crippen MR) is 69.0 cm³/mol. The van der Waals surface area contributed by atoms with E-state index in [4.69, 9.17) is 0 Å². The normalized spacial score (nSPS) is 14.7. The molecule has 2 aromatic rings. The summed E-state index contributed by atoms with van der Waals surface area (Å²) in [5.41, 5.74) is 2.60. The number of nitrogens with zero attached hydrogens (tertiary/aromatic N) is 2. The van der Waals surface area contributed by atoms with E-state index >= 15 is 0 Å². The second-order valence-corrected chi connectivity index (χ2v) is 5.53. The van der Waals surface area contributed by atoms with Crippen LogP contribution in [0, 0.1) is 6.92 Å². The molecule has 1 saturated carbocycles.